The molecule has 0 saturated carbocycles. The molecule has 1 aromatic carbocycles. The molecule has 123 valence electrons. The Kier molecular flexibility index (Phi) is 7.80. The van der Waals surface area contributed by atoms with Crippen LogP contribution in [-0.2, 0) is 6.42 Å². The van der Waals surface area contributed by atoms with Gasteiger partial charge in [0.15, 0.2) is 0 Å². The summed E-state index contributed by atoms with van der Waals surface area (Å²) in [6.45, 7) is 7.12. The van der Waals surface area contributed by atoms with Gasteiger partial charge in [-0.05, 0) is 0 Å². The van der Waals surface area contributed by atoms with Crippen molar-refractivity contribution in [2.24, 2.45) is 0 Å². The maximum atomic E-state index is 2.56. The maximum absolute atomic E-state index is 2.56. The van der Waals surface area contributed by atoms with Gasteiger partial charge in [0, 0.05) is 0 Å². The van der Waals surface area contributed by atoms with E-state index in [-0.39, 0.29) is 0 Å². The third-order valence-corrected chi connectivity index (χ3v) is 21.4. The average molecular weight is 406 g/mol. The van der Waals surface area contributed by atoms with Gasteiger partial charge in [-0.15, -0.1) is 0 Å². The normalized spacial score (nSPS) is 14.3. The van der Waals surface area contributed by atoms with Crippen molar-refractivity contribution in [3.63, 3.8) is 0 Å². The van der Waals surface area contributed by atoms with Crippen molar-refractivity contribution in [1.29, 1.82) is 0 Å². The van der Waals surface area contributed by atoms with Crippen LogP contribution in [0, 0.1) is 6.42 Å². The van der Waals surface area contributed by atoms with Crippen LogP contribution in [0.25, 0.3) is 0 Å². The molecule has 0 nitrogen and oxygen atoms in total. The predicted octanol–water partition coefficient (Wildman–Crippen LogP) is 6.24. The second-order valence-corrected chi connectivity index (χ2v) is 20.3. The number of benzene rings is 1. The Bertz CT molecular complexity index is 427. The molecule has 0 heterocycles. The molecule has 22 heavy (non-hydrogen) atoms. The second kappa shape index (κ2) is 9.35. The van der Waals surface area contributed by atoms with E-state index in [9.17, 15) is 0 Å². The third kappa shape index (κ3) is 4.30. The Morgan fingerprint density at radius 3 is 2.00 bits per heavy atom. The van der Waals surface area contributed by atoms with Crippen molar-refractivity contribution < 1.29 is 0 Å². The summed E-state index contributed by atoms with van der Waals surface area (Å²) in [6.07, 6.45) is 13.6. The first-order valence-corrected chi connectivity index (χ1v) is 17.2. The topological polar surface area (TPSA) is 0 Å². The molecule has 0 amide bonds. The average Bonchev–Trinajstić information content (AvgIpc) is 3.03. The Hall–Kier alpha value is 0.0187. The molecule has 0 atom stereocenters. The molecule has 1 aliphatic carbocycles. The van der Waals surface area contributed by atoms with Crippen molar-refractivity contribution in [3.05, 3.63) is 35.7 Å². The van der Waals surface area contributed by atoms with E-state index in [1.54, 1.807) is 24.4 Å². The Morgan fingerprint density at radius 2 is 1.45 bits per heavy atom. The first-order valence-electron chi connectivity index (χ1n) is 9.73. The van der Waals surface area contributed by atoms with Crippen molar-refractivity contribution in [2.45, 2.75) is 85.4 Å². The van der Waals surface area contributed by atoms with Gasteiger partial charge in [-0.2, -0.15) is 0 Å². The summed E-state index contributed by atoms with van der Waals surface area (Å²) in [4.78, 5) is 0. The SMILES string of the molecule is CCC[CH2][Sn]([CH2]CCC)([CH2]CCC)[c]1cccc2c1CC[CH]2. The zero-order chi connectivity index (χ0) is 15.8. The van der Waals surface area contributed by atoms with Crippen LogP contribution in [0.2, 0.25) is 13.3 Å². The van der Waals surface area contributed by atoms with Crippen LogP contribution in [-0.4, -0.2) is 18.4 Å². The predicted molar refractivity (Wildman–Crippen MR) is 103 cm³/mol. The number of rotatable bonds is 10. The van der Waals surface area contributed by atoms with E-state index >= 15 is 0 Å². The van der Waals surface area contributed by atoms with E-state index in [0.717, 1.165) is 0 Å². The van der Waals surface area contributed by atoms with Gasteiger partial charge in [-0.25, -0.2) is 0 Å². The monoisotopic (exact) mass is 407 g/mol. The molecule has 0 aliphatic heterocycles. The molecule has 0 bridgehead atoms. The number of unbranched alkanes of at least 4 members (excludes halogenated alkanes) is 3. The van der Waals surface area contributed by atoms with Crippen molar-refractivity contribution in [1.82, 2.24) is 0 Å². The van der Waals surface area contributed by atoms with Gasteiger partial charge in [0.25, 0.3) is 0 Å². The van der Waals surface area contributed by atoms with Crippen LogP contribution in [0.1, 0.15) is 76.8 Å². The van der Waals surface area contributed by atoms with Gasteiger partial charge in [0.1, 0.15) is 0 Å². The number of fused-ring (bicyclic) bond motifs is 1. The molecule has 0 spiro atoms. The van der Waals surface area contributed by atoms with Crippen molar-refractivity contribution in [2.75, 3.05) is 0 Å². The van der Waals surface area contributed by atoms with Crippen molar-refractivity contribution in [3.8, 4) is 0 Å². The van der Waals surface area contributed by atoms with Gasteiger partial charge in [0.05, 0.1) is 0 Å². The van der Waals surface area contributed by atoms with Crippen LogP contribution >= 0.6 is 0 Å². The van der Waals surface area contributed by atoms with Crippen LogP contribution < -0.4 is 3.58 Å². The summed E-state index contributed by atoms with van der Waals surface area (Å²) in [6, 6.07) is 7.29. The summed E-state index contributed by atoms with van der Waals surface area (Å²) in [5, 5.41) is 0. The molecule has 0 fully saturated rings. The molecular formula is C21H35Sn. The minimum absolute atomic E-state index is 1.28. The third-order valence-electron chi connectivity index (χ3n) is 5.57. The fourth-order valence-corrected chi connectivity index (χ4v) is 21.4. The molecule has 1 aliphatic rings. The van der Waals surface area contributed by atoms with Crippen LogP contribution in [0.5, 0.6) is 0 Å². The molecule has 0 unspecified atom stereocenters. The summed E-state index contributed by atoms with van der Waals surface area (Å²) < 4.78 is 6.72. The number of hydrogen-bond acceptors (Lipinski definition) is 0. The molecule has 0 aromatic heterocycles. The van der Waals surface area contributed by atoms with Gasteiger partial charge < -0.3 is 0 Å². The van der Waals surface area contributed by atoms with Crippen LogP contribution in [0.15, 0.2) is 18.2 Å². The zero-order valence-electron chi connectivity index (χ0n) is 15.1. The second-order valence-electron chi connectivity index (χ2n) is 7.21. The van der Waals surface area contributed by atoms with Gasteiger partial charge in [-0.1, -0.05) is 0 Å². The zero-order valence-corrected chi connectivity index (χ0v) is 17.9. The van der Waals surface area contributed by atoms with Gasteiger partial charge in [-0.3, -0.25) is 0 Å². The standard InChI is InChI=1S/C9H8.3C4H9.Sn/c1-2-5-9-7-3-6-8(9)4-1;3*1-3-4-2;/h1-2,4,6H,3,7H2;3*1,3-4H2,2H3;. The van der Waals surface area contributed by atoms with E-state index < -0.39 is 18.4 Å². The first kappa shape index (κ1) is 18.4. The van der Waals surface area contributed by atoms with Crippen molar-refractivity contribution >= 4 is 22.0 Å². The quantitative estimate of drug-likeness (QED) is 0.404. The molecule has 0 saturated heterocycles. The fourth-order valence-electron chi connectivity index (χ4n) is 4.27. The van der Waals surface area contributed by atoms with E-state index in [1.807, 2.05) is 3.58 Å². The fraction of sp³-hybridized carbons (Fsp3) is 0.667. The van der Waals surface area contributed by atoms with Crippen LogP contribution in [0.4, 0.5) is 0 Å². The Morgan fingerprint density at radius 1 is 0.864 bits per heavy atom. The van der Waals surface area contributed by atoms with E-state index in [4.69, 9.17) is 0 Å². The van der Waals surface area contributed by atoms with Crippen LogP contribution in [0.3, 0.4) is 0 Å². The van der Waals surface area contributed by atoms with E-state index in [1.165, 1.54) is 51.4 Å². The molecular weight excluding hydrogens is 371 g/mol. The van der Waals surface area contributed by atoms with E-state index in [2.05, 4.69) is 45.4 Å². The molecule has 1 aromatic rings. The first-order chi connectivity index (χ1) is 10.8. The number of hydrogen-bond donors (Lipinski definition) is 0. The molecule has 2 rings (SSSR count). The minimum atomic E-state index is -2.21. The summed E-state index contributed by atoms with van der Waals surface area (Å²) in [5.41, 5.74) is 3.37. The van der Waals surface area contributed by atoms with E-state index in [0.29, 0.717) is 0 Å². The van der Waals surface area contributed by atoms with Gasteiger partial charge >= 0.3 is 143 Å². The molecule has 1 radical (unpaired) electrons. The summed E-state index contributed by atoms with van der Waals surface area (Å²) in [5.74, 6) is 0. The Labute approximate surface area is 143 Å². The summed E-state index contributed by atoms with van der Waals surface area (Å²) >= 11 is -2.21. The summed E-state index contributed by atoms with van der Waals surface area (Å²) in [7, 11) is 0. The van der Waals surface area contributed by atoms with Gasteiger partial charge in [0.2, 0.25) is 0 Å². The molecule has 0 N–H and O–H groups in total. The Balaban J connectivity index is 2.37. The molecule has 1 heteroatoms.